The van der Waals surface area contributed by atoms with E-state index in [1.165, 1.54) is 0 Å². The van der Waals surface area contributed by atoms with Crippen LogP contribution in [-0.2, 0) is 9.47 Å². The molecule has 1 aromatic heterocycles. The van der Waals surface area contributed by atoms with Crippen molar-refractivity contribution in [3.63, 3.8) is 0 Å². The van der Waals surface area contributed by atoms with Crippen molar-refractivity contribution in [1.29, 1.82) is 0 Å². The number of fused-ring (bicyclic) bond motifs is 3. The van der Waals surface area contributed by atoms with Gasteiger partial charge in [-0.1, -0.05) is 0 Å². The first-order valence-corrected chi connectivity index (χ1v) is 5.54. The number of H-pyrrole nitrogens is 1. The van der Waals surface area contributed by atoms with Gasteiger partial charge in [-0.05, 0) is 0 Å². The molecule has 0 saturated carbocycles. The van der Waals surface area contributed by atoms with E-state index in [9.17, 15) is 19.5 Å². The molecule has 2 aliphatic heterocycles. The van der Waals surface area contributed by atoms with Crippen molar-refractivity contribution >= 4 is 5.97 Å². The Morgan fingerprint density at radius 1 is 1.37 bits per heavy atom. The lowest BCUT2D eigenvalue weighted by Crippen LogP contribution is -2.47. The number of hydrogen-bond donors (Lipinski definition) is 3. The van der Waals surface area contributed by atoms with Gasteiger partial charge in [-0.25, -0.2) is 9.59 Å². The highest BCUT2D eigenvalue weighted by Gasteiger charge is 2.51. The van der Waals surface area contributed by atoms with Gasteiger partial charge in [0.2, 0.25) is 0 Å². The van der Waals surface area contributed by atoms with E-state index in [0.717, 1.165) is 10.6 Å². The molecule has 0 radical (unpaired) electrons. The fraction of sp³-hybridized carbons (Fsp3) is 0.500. The van der Waals surface area contributed by atoms with E-state index in [2.05, 4.69) is 0 Å². The highest BCUT2D eigenvalue weighted by atomic mass is 16.6. The average Bonchev–Trinajstić information content (AvgIpc) is 2.66. The van der Waals surface area contributed by atoms with Gasteiger partial charge < -0.3 is 19.7 Å². The lowest BCUT2D eigenvalue weighted by atomic mass is 10.1. The monoisotopic (exact) mass is 270 g/mol. The first kappa shape index (κ1) is 12.1. The minimum Gasteiger partial charge on any atom is -0.450 e. The molecule has 9 heteroatoms. The maximum absolute atomic E-state index is 11.8. The maximum atomic E-state index is 11.8. The quantitative estimate of drug-likeness (QED) is 0.474. The number of carbonyl (C=O) groups is 1. The fourth-order valence-electron chi connectivity index (χ4n) is 2.30. The number of nitrogens with one attached hydrogen (secondary N) is 1. The fourth-order valence-corrected chi connectivity index (χ4v) is 2.30. The SMILES string of the molecule is O=C1O[C@@H]2[C@H](O)[C@H](CO)O[C@@H]2n2c1cc(=O)[nH]c2=O. The molecule has 1 fully saturated rings. The normalized spacial score (nSPS) is 32.6. The summed E-state index contributed by atoms with van der Waals surface area (Å²) in [4.78, 5) is 36.6. The number of rotatable bonds is 1. The number of ether oxygens (including phenoxy) is 2. The van der Waals surface area contributed by atoms with Crippen molar-refractivity contribution in [3.8, 4) is 0 Å². The third-order valence-corrected chi connectivity index (χ3v) is 3.18. The Balaban J connectivity index is 2.17. The van der Waals surface area contributed by atoms with Crippen LogP contribution in [0, 0.1) is 0 Å². The van der Waals surface area contributed by atoms with Crippen molar-refractivity contribution in [3.05, 3.63) is 32.6 Å². The molecular weight excluding hydrogens is 260 g/mol. The number of nitrogens with zero attached hydrogens (tertiary/aromatic N) is 1. The lowest BCUT2D eigenvalue weighted by Gasteiger charge is -2.28. The summed E-state index contributed by atoms with van der Waals surface area (Å²) in [5, 5.41) is 18.9. The Hall–Kier alpha value is -1.97. The first-order chi connectivity index (χ1) is 9.02. The summed E-state index contributed by atoms with van der Waals surface area (Å²) in [7, 11) is 0. The predicted octanol–water partition coefficient (Wildman–Crippen LogP) is -2.67. The predicted molar refractivity (Wildman–Crippen MR) is 57.5 cm³/mol. The van der Waals surface area contributed by atoms with Crippen LogP contribution in [0.4, 0.5) is 0 Å². The first-order valence-electron chi connectivity index (χ1n) is 5.54. The van der Waals surface area contributed by atoms with Crippen molar-refractivity contribution in [1.82, 2.24) is 9.55 Å². The van der Waals surface area contributed by atoms with Crippen LogP contribution in [0.3, 0.4) is 0 Å². The molecule has 3 rings (SSSR count). The molecular formula is C10H10N2O7. The molecule has 0 unspecified atom stereocenters. The minimum absolute atomic E-state index is 0.249. The number of aliphatic hydroxyl groups excluding tert-OH is 2. The Morgan fingerprint density at radius 2 is 2.11 bits per heavy atom. The second-order valence-electron chi connectivity index (χ2n) is 4.30. The Morgan fingerprint density at radius 3 is 2.79 bits per heavy atom. The summed E-state index contributed by atoms with van der Waals surface area (Å²) in [6.07, 6.45) is -4.37. The smallest absolute Gasteiger partial charge is 0.355 e. The molecule has 0 amide bonds. The van der Waals surface area contributed by atoms with Crippen LogP contribution in [0.15, 0.2) is 15.7 Å². The van der Waals surface area contributed by atoms with Gasteiger partial charge in [-0.15, -0.1) is 0 Å². The summed E-state index contributed by atoms with van der Waals surface area (Å²) in [5.41, 5.74) is -1.82. The molecule has 3 heterocycles. The van der Waals surface area contributed by atoms with Gasteiger partial charge in [-0.3, -0.25) is 14.3 Å². The van der Waals surface area contributed by atoms with Gasteiger partial charge in [0.25, 0.3) is 5.56 Å². The third-order valence-electron chi connectivity index (χ3n) is 3.18. The molecule has 2 aliphatic rings. The topological polar surface area (TPSA) is 131 Å². The van der Waals surface area contributed by atoms with E-state index in [0.29, 0.717) is 0 Å². The van der Waals surface area contributed by atoms with Crippen molar-refractivity contribution in [2.24, 2.45) is 0 Å². The van der Waals surface area contributed by atoms with E-state index >= 15 is 0 Å². The van der Waals surface area contributed by atoms with Crippen LogP contribution in [0.1, 0.15) is 16.7 Å². The van der Waals surface area contributed by atoms with E-state index in [1.807, 2.05) is 4.98 Å². The number of carbonyl (C=O) groups excluding carboxylic acids is 1. The highest BCUT2D eigenvalue weighted by molar-refractivity contribution is 5.88. The van der Waals surface area contributed by atoms with Crippen molar-refractivity contribution < 1.29 is 24.5 Å². The van der Waals surface area contributed by atoms with Crippen LogP contribution >= 0.6 is 0 Å². The van der Waals surface area contributed by atoms with Gasteiger partial charge in [0.1, 0.15) is 17.9 Å². The van der Waals surface area contributed by atoms with E-state index in [4.69, 9.17) is 14.6 Å². The molecule has 102 valence electrons. The van der Waals surface area contributed by atoms with Crippen molar-refractivity contribution in [2.75, 3.05) is 6.61 Å². The molecule has 0 aromatic carbocycles. The number of aromatic nitrogens is 2. The van der Waals surface area contributed by atoms with Crippen LogP contribution < -0.4 is 11.2 Å². The van der Waals surface area contributed by atoms with Gasteiger partial charge in [-0.2, -0.15) is 0 Å². The van der Waals surface area contributed by atoms with E-state index in [1.54, 1.807) is 0 Å². The van der Waals surface area contributed by atoms with E-state index < -0.39 is 48.4 Å². The molecule has 0 bridgehead atoms. The Labute approximate surface area is 105 Å². The molecule has 9 nitrogen and oxygen atoms in total. The zero-order valence-corrected chi connectivity index (χ0v) is 9.48. The molecule has 1 aromatic rings. The standard InChI is InChI=1S/C10H10N2O7/c13-2-4-6(15)7-8(18-4)12-3(9(16)19-7)1-5(14)11-10(12)17/h1,4,6-8,13,15H,2H2,(H,11,14,17)/t4-,6+,7+,8-/m0/s1. The number of hydrogen-bond acceptors (Lipinski definition) is 7. The highest BCUT2D eigenvalue weighted by Crippen LogP contribution is 2.34. The molecule has 0 spiro atoms. The van der Waals surface area contributed by atoms with Crippen molar-refractivity contribution in [2.45, 2.75) is 24.5 Å². The number of esters is 1. The lowest BCUT2D eigenvalue weighted by molar-refractivity contribution is -0.0733. The van der Waals surface area contributed by atoms with Gasteiger partial charge in [0, 0.05) is 6.07 Å². The number of aromatic amines is 1. The van der Waals surface area contributed by atoms with Gasteiger partial charge in [0.15, 0.2) is 12.3 Å². The van der Waals surface area contributed by atoms with Crippen LogP contribution in [0.5, 0.6) is 0 Å². The average molecular weight is 270 g/mol. The van der Waals surface area contributed by atoms with Crippen LogP contribution in [0.25, 0.3) is 0 Å². The minimum atomic E-state index is -1.24. The van der Waals surface area contributed by atoms with Gasteiger partial charge >= 0.3 is 11.7 Å². The molecule has 0 aliphatic carbocycles. The maximum Gasteiger partial charge on any atom is 0.355 e. The molecule has 19 heavy (non-hydrogen) atoms. The molecule has 1 saturated heterocycles. The number of aliphatic hydroxyl groups is 2. The van der Waals surface area contributed by atoms with Crippen LogP contribution in [0.2, 0.25) is 0 Å². The van der Waals surface area contributed by atoms with Gasteiger partial charge in [0.05, 0.1) is 6.61 Å². The summed E-state index contributed by atoms with van der Waals surface area (Å²) < 4.78 is 11.2. The third kappa shape index (κ3) is 1.63. The van der Waals surface area contributed by atoms with E-state index in [-0.39, 0.29) is 5.69 Å². The summed E-state index contributed by atoms with van der Waals surface area (Å²) in [6.45, 7) is -0.487. The summed E-state index contributed by atoms with van der Waals surface area (Å²) in [6, 6.07) is 0.919. The Bertz CT molecular complexity index is 648. The largest absolute Gasteiger partial charge is 0.450 e. The van der Waals surface area contributed by atoms with Crippen LogP contribution in [-0.4, -0.2) is 50.7 Å². The summed E-state index contributed by atoms with van der Waals surface area (Å²) in [5.74, 6) is -0.898. The molecule has 4 atom stereocenters. The summed E-state index contributed by atoms with van der Waals surface area (Å²) >= 11 is 0. The zero-order valence-electron chi connectivity index (χ0n) is 9.48. The zero-order chi connectivity index (χ0) is 13.7. The molecule has 3 N–H and O–H groups in total. The second kappa shape index (κ2) is 4.02. The second-order valence-corrected chi connectivity index (χ2v) is 4.30. The Kier molecular flexibility index (Phi) is 2.55.